The van der Waals surface area contributed by atoms with E-state index in [1.165, 1.54) is 51.4 Å². The number of rotatable bonds is 4. The Morgan fingerprint density at radius 1 is 1.15 bits per heavy atom. The summed E-state index contributed by atoms with van der Waals surface area (Å²) in [7, 11) is 2.21. The molecule has 0 atom stereocenters. The maximum Gasteiger partial charge on any atom is 0.117 e. The van der Waals surface area contributed by atoms with Crippen molar-refractivity contribution in [2.24, 2.45) is 11.1 Å². The van der Waals surface area contributed by atoms with Gasteiger partial charge in [-0.15, -0.1) is 0 Å². The molecule has 0 unspecified atom stereocenters. The smallest absolute Gasteiger partial charge is 0.117 e. The third kappa shape index (κ3) is 2.53. The van der Waals surface area contributed by atoms with Gasteiger partial charge in [-0.05, 0) is 63.1 Å². The first kappa shape index (κ1) is 14.2. The highest BCUT2D eigenvalue weighted by molar-refractivity contribution is 5.04. The molecule has 0 radical (unpaired) electrons. The van der Waals surface area contributed by atoms with Crippen molar-refractivity contribution >= 4 is 0 Å². The number of likely N-dealkylation sites (N-methyl/N-ethyl adjacent to an activating group) is 1. The van der Waals surface area contributed by atoms with Crippen molar-refractivity contribution in [1.29, 1.82) is 0 Å². The average Bonchev–Trinajstić information content (AvgIpc) is 3.13. The quantitative estimate of drug-likeness (QED) is 0.914. The molecular weight excluding hydrogens is 248 g/mol. The molecule has 2 fully saturated rings. The van der Waals surface area contributed by atoms with Gasteiger partial charge >= 0.3 is 0 Å². The highest BCUT2D eigenvalue weighted by atomic mass is 16.3. The molecule has 0 bridgehead atoms. The minimum absolute atomic E-state index is 0.181. The second kappa shape index (κ2) is 5.53. The van der Waals surface area contributed by atoms with Crippen molar-refractivity contribution < 1.29 is 4.42 Å². The molecule has 1 heterocycles. The van der Waals surface area contributed by atoms with Crippen LogP contribution in [0.4, 0.5) is 0 Å². The molecule has 0 saturated heterocycles. The Bertz CT molecular complexity index is 410. The second-order valence-corrected chi connectivity index (χ2v) is 7.07. The first-order chi connectivity index (χ1) is 9.68. The highest BCUT2D eigenvalue weighted by Gasteiger charge is 2.45. The van der Waals surface area contributed by atoms with E-state index in [9.17, 15) is 0 Å². The van der Waals surface area contributed by atoms with Gasteiger partial charge in [0.1, 0.15) is 5.76 Å². The molecule has 0 amide bonds. The van der Waals surface area contributed by atoms with Gasteiger partial charge in [0.05, 0.1) is 12.8 Å². The predicted molar refractivity (Wildman–Crippen MR) is 81.3 cm³/mol. The summed E-state index contributed by atoms with van der Waals surface area (Å²) in [6.45, 7) is 1.64. The van der Waals surface area contributed by atoms with Crippen LogP contribution in [0.15, 0.2) is 22.8 Å². The Labute approximate surface area is 122 Å². The van der Waals surface area contributed by atoms with E-state index in [2.05, 4.69) is 18.0 Å². The monoisotopic (exact) mass is 276 g/mol. The maximum atomic E-state index is 6.18. The first-order valence-electron chi connectivity index (χ1n) is 8.12. The lowest BCUT2D eigenvalue weighted by atomic mass is 9.66. The second-order valence-electron chi connectivity index (χ2n) is 7.07. The summed E-state index contributed by atoms with van der Waals surface area (Å²) in [6, 6.07) is 4.02. The zero-order chi connectivity index (χ0) is 14.1. The van der Waals surface area contributed by atoms with Gasteiger partial charge in [0.2, 0.25) is 0 Å². The Kier molecular flexibility index (Phi) is 3.91. The van der Waals surface area contributed by atoms with Gasteiger partial charge in [-0.1, -0.05) is 12.8 Å². The lowest BCUT2D eigenvalue weighted by Crippen LogP contribution is -2.54. The van der Waals surface area contributed by atoms with Crippen LogP contribution in [0.5, 0.6) is 0 Å². The Morgan fingerprint density at radius 3 is 2.40 bits per heavy atom. The van der Waals surface area contributed by atoms with Crippen LogP contribution in [0.2, 0.25) is 0 Å². The molecule has 3 rings (SSSR count). The van der Waals surface area contributed by atoms with Crippen molar-refractivity contribution in [3.63, 3.8) is 0 Å². The number of nitrogens with zero attached hydrogens (tertiary/aromatic N) is 1. The van der Waals surface area contributed by atoms with Crippen molar-refractivity contribution in [2.75, 3.05) is 13.6 Å². The van der Waals surface area contributed by atoms with E-state index >= 15 is 0 Å². The zero-order valence-corrected chi connectivity index (χ0v) is 12.7. The molecule has 0 aromatic carbocycles. The normalized spacial score (nSPS) is 24.6. The summed E-state index contributed by atoms with van der Waals surface area (Å²) in [6.07, 6.45) is 12.8. The van der Waals surface area contributed by atoms with Gasteiger partial charge in [-0.2, -0.15) is 0 Å². The molecule has 1 aromatic heterocycles. The fraction of sp³-hybridized carbons (Fsp3) is 0.765. The molecule has 2 saturated carbocycles. The van der Waals surface area contributed by atoms with Crippen LogP contribution in [0.25, 0.3) is 0 Å². The Balaban J connectivity index is 1.66. The maximum absolute atomic E-state index is 6.18. The van der Waals surface area contributed by atoms with Gasteiger partial charge in [-0.3, -0.25) is 4.90 Å². The average molecular weight is 276 g/mol. The van der Waals surface area contributed by atoms with E-state index in [1.807, 2.05) is 6.07 Å². The van der Waals surface area contributed by atoms with Crippen molar-refractivity contribution in [1.82, 2.24) is 4.90 Å². The largest absolute Gasteiger partial charge is 0.468 e. The van der Waals surface area contributed by atoms with Crippen LogP contribution < -0.4 is 5.73 Å². The Morgan fingerprint density at radius 2 is 1.85 bits per heavy atom. The van der Waals surface area contributed by atoms with Crippen LogP contribution in [-0.4, -0.2) is 24.0 Å². The fourth-order valence-corrected chi connectivity index (χ4v) is 4.42. The van der Waals surface area contributed by atoms with E-state index in [4.69, 9.17) is 10.2 Å². The van der Waals surface area contributed by atoms with Gasteiger partial charge in [0, 0.05) is 12.1 Å². The van der Waals surface area contributed by atoms with Crippen LogP contribution in [0.3, 0.4) is 0 Å². The van der Waals surface area contributed by atoms with Crippen LogP contribution in [0.1, 0.15) is 57.1 Å². The molecule has 2 aliphatic rings. The number of nitrogens with two attached hydrogens (primary N) is 1. The third-order valence-electron chi connectivity index (χ3n) is 6.07. The molecule has 2 N–H and O–H groups in total. The van der Waals surface area contributed by atoms with E-state index in [-0.39, 0.29) is 5.54 Å². The summed E-state index contributed by atoms with van der Waals surface area (Å²) >= 11 is 0. The molecule has 3 nitrogen and oxygen atoms in total. The van der Waals surface area contributed by atoms with Gasteiger partial charge in [0.25, 0.3) is 0 Å². The topological polar surface area (TPSA) is 42.4 Å². The molecule has 1 spiro atoms. The van der Waals surface area contributed by atoms with E-state index in [1.54, 1.807) is 6.26 Å². The predicted octanol–water partition coefficient (Wildman–Crippen LogP) is 3.54. The third-order valence-corrected chi connectivity index (χ3v) is 6.07. The summed E-state index contributed by atoms with van der Waals surface area (Å²) in [4.78, 5) is 2.44. The number of hydrogen-bond acceptors (Lipinski definition) is 3. The lowest BCUT2D eigenvalue weighted by molar-refractivity contribution is 0.0223. The summed E-state index contributed by atoms with van der Waals surface area (Å²) in [5.74, 6) is 1.04. The molecular formula is C17H28N2O. The van der Waals surface area contributed by atoms with Gasteiger partial charge in [-0.25, -0.2) is 0 Å². The molecule has 3 heteroatoms. The van der Waals surface area contributed by atoms with Crippen LogP contribution in [0, 0.1) is 5.41 Å². The zero-order valence-electron chi connectivity index (χ0n) is 12.7. The summed E-state index contributed by atoms with van der Waals surface area (Å²) in [5, 5.41) is 0. The first-order valence-corrected chi connectivity index (χ1v) is 8.12. The van der Waals surface area contributed by atoms with Gasteiger partial charge < -0.3 is 10.2 Å². The lowest BCUT2D eigenvalue weighted by Gasteiger charge is -2.49. The number of hydrogen-bond donors (Lipinski definition) is 1. The molecule has 0 aliphatic heterocycles. The van der Waals surface area contributed by atoms with E-state index in [0.29, 0.717) is 5.41 Å². The Hall–Kier alpha value is -0.800. The SMILES string of the molecule is CN(Cc1ccco1)C1(CN)CCC2(CCCC2)CC1. The molecule has 112 valence electrons. The highest BCUT2D eigenvalue weighted by Crippen LogP contribution is 2.52. The molecule has 20 heavy (non-hydrogen) atoms. The minimum Gasteiger partial charge on any atom is -0.468 e. The standard InChI is InChI=1S/C17H28N2O/c1-19(13-15-5-4-12-20-15)17(14-18)10-8-16(9-11-17)6-2-3-7-16/h4-5,12H,2-3,6-11,13-14,18H2,1H3. The summed E-state index contributed by atoms with van der Waals surface area (Å²) in [5.41, 5.74) is 7.03. The van der Waals surface area contributed by atoms with Crippen molar-refractivity contribution in [3.8, 4) is 0 Å². The number of furan rings is 1. The fourth-order valence-electron chi connectivity index (χ4n) is 4.42. The molecule has 1 aromatic rings. The van der Waals surface area contributed by atoms with Crippen LogP contribution in [-0.2, 0) is 6.54 Å². The van der Waals surface area contributed by atoms with Gasteiger partial charge in [0.15, 0.2) is 0 Å². The van der Waals surface area contributed by atoms with Crippen LogP contribution >= 0.6 is 0 Å². The van der Waals surface area contributed by atoms with Crippen molar-refractivity contribution in [3.05, 3.63) is 24.2 Å². The minimum atomic E-state index is 0.181. The van der Waals surface area contributed by atoms with E-state index in [0.717, 1.165) is 18.8 Å². The summed E-state index contributed by atoms with van der Waals surface area (Å²) < 4.78 is 5.50. The van der Waals surface area contributed by atoms with E-state index < -0.39 is 0 Å². The van der Waals surface area contributed by atoms with Crippen molar-refractivity contribution in [2.45, 2.75) is 63.5 Å². The molecule has 2 aliphatic carbocycles.